The van der Waals surface area contributed by atoms with Gasteiger partial charge in [0.1, 0.15) is 6.10 Å². The second kappa shape index (κ2) is 6.67. The molecule has 2 heterocycles. The fourth-order valence-electron chi connectivity index (χ4n) is 3.31. The van der Waals surface area contributed by atoms with E-state index in [4.69, 9.17) is 9.47 Å². The normalized spacial score (nSPS) is 26.8. The zero-order valence-corrected chi connectivity index (χ0v) is 13.1. The molecule has 0 bridgehead atoms. The van der Waals surface area contributed by atoms with Crippen molar-refractivity contribution in [3.05, 3.63) is 23.8 Å². The Kier molecular flexibility index (Phi) is 4.66. The highest BCUT2D eigenvalue weighted by molar-refractivity contribution is 5.44. The molecule has 3 rings (SSSR count). The molecule has 0 aliphatic carbocycles. The van der Waals surface area contributed by atoms with Crippen LogP contribution in [-0.4, -0.2) is 44.8 Å². The van der Waals surface area contributed by atoms with E-state index in [-0.39, 0.29) is 6.10 Å². The van der Waals surface area contributed by atoms with Crippen LogP contribution in [-0.2, 0) is 0 Å². The zero-order chi connectivity index (χ0) is 14.7. The van der Waals surface area contributed by atoms with E-state index in [1.807, 2.05) is 6.07 Å². The second-order valence-corrected chi connectivity index (χ2v) is 6.20. The molecule has 2 aliphatic rings. The molecule has 1 N–H and O–H groups in total. The Morgan fingerprint density at radius 2 is 2.10 bits per heavy atom. The number of likely N-dealkylation sites (N-methyl/N-ethyl adjacent to an activating group) is 1. The molecule has 116 valence electrons. The van der Waals surface area contributed by atoms with Crippen molar-refractivity contribution in [1.29, 1.82) is 0 Å². The van der Waals surface area contributed by atoms with Crippen LogP contribution < -0.4 is 14.8 Å². The molecule has 1 aromatic rings. The van der Waals surface area contributed by atoms with Crippen molar-refractivity contribution >= 4 is 0 Å². The van der Waals surface area contributed by atoms with Gasteiger partial charge in [0.15, 0.2) is 11.5 Å². The van der Waals surface area contributed by atoms with E-state index >= 15 is 0 Å². The molecular formula is C17H26N2O2. The summed E-state index contributed by atoms with van der Waals surface area (Å²) in [7, 11) is 3.85. The fraction of sp³-hybridized carbons (Fsp3) is 0.647. The average molecular weight is 290 g/mol. The van der Waals surface area contributed by atoms with Crippen LogP contribution in [0.5, 0.6) is 11.5 Å². The number of nitrogens with one attached hydrogen (secondary N) is 1. The molecular weight excluding hydrogens is 264 g/mol. The van der Waals surface area contributed by atoms with E-state index in [2.05, 4.69) is 29.4 Å². The molecule has 2 saturated heterocycles. The number of nitrogens with zero attached hydrogens (tertiary/aromatic N) is 1. The predicted molar refractivity (Wildman–Crippen MR) is 84.1 cm³/mol. The summed E-state index contributed by atoms with van der Waals surface area (Å²) >= 11 is 0. The summed E-state index contributed by atoms with van der Waals surface area (Å²) in [5.41, 5.74) is 1.32. The monoisotopic (exact) mass is 290 g/mol. The molecule has 2 atom stereocenters. The number of benzene rings is 1. The lowest BCUT2D eigenvalue weighted by Crippen LogP contribution is -2.27. The van der Waals surface area contributed by atoms with Crippen molar-refractivity contribution in [3.63, 3.8) is 0 Å². The molecule has 0 amide bonds. The Labute approximate surface area is 127 Å². The Morgan fingerprint density at radius 1 is 1.19 bits per heavy atom. The number of hydrogen-bond acceptors (Lipinski definition) is 4. The Balaban J connectivity index is 1.76. The standard InChI is InChI=1S/C17H26N2O2/c1-19-10-8-14(12-19)21-17-11-13(6-7-16(17)20-2)15-5-3-4-9-18-15/h6-7,11,14-15,18H,3-5,8-10,12H2,1-2H3. The van der Waals surface area contributed by atoms with Crippen molar-refractivity contribution in [2.75, 3.05) is 33.8 Å². The molecule has 1 aromatic carbocycles. The van der Waals surface area contributed by atoms with Crippen molar-refractivity contribution in [2.24, 2.45) is 0 Å². The molecule has 2 unspecified atom stereocenters. The second-order valence-electron chi connectivity index (χ2n) is 6.20. The molecule has 0 spiro atoms. The van der Waals surface area contributed by atoms with Gasteiger partial charge in [-0.1, -0.05) is 12.5 Å². The summed E-state index contributed by atoms with van der Waals surface area (Å²) in [5.74, 6) is 1.73. The van der Waals surface area contributed by atoms with E-state index in [0.717, 1.165) is 37.6 Å². The van der Waals surface area contributed by atoms with Crippen LogP contribution in [0.4, 0.5) is 0 Å². The molecule has 2 fully saturated rings. The highest BCUT2D eigenvalue weighted by atomic mass is 16.5. The van der Waals surface area contributed by atoms with Gasteiger partial charge in [0.05, 0.1) is 7.11 Å². The summed E-state index contributed by atoms with van der Waals surface area (Å²) in [6.07, 6.45) is 5.15. The number of ether oxygens (including phenoxy) is 2. The third kappa shape index (κ3) is 3.50. The van der Waals surface area contributed by atoms with E-state index < -0.39 is 0 Å². The lowest BCUT2D eigenvalue weighted by Gasteiger charge is -2.25. The molecule has 4 nitrogen and oxygen atoms in total. The van der Waals surface area contributed by atoms with Crippen LogP contribution >= 0.6 is 0 Å². The lowest BCUT2D eigenvalue weighted by atomic mass is 9.97. The van der Waals surface area contributed by atoms with Gasteiger partial charge in [0, 0.05) is 19.1 Å². The first-order valence-electron chi connectivity index (χ1n) is 8.03. The third-order valence-corrected chi connectivity index (χ3v) is 4.54. The van der Waals surface area contributed by atoms with E-state index in [1.54, 1.807) is 7.11 Å². The number of likely N-dealkylation sites (tertiary alicyclic amines) is 1. The van der Waals surface area contributed by atoms with Gasteiger partial charge >= 0.3 is 0 Å². The van der Waals surface area contributed by atoms with E-state index in [9.17, 15) is 0 Å². The SMILES string of the molecule is COc1ccc(C2CCCCN2)cc1OC1CCN(C)C1. The van der Waals surface area contributed by atoms with Crippen molar-refractivity contribution in [2.45, 2.75) is 37.8 Å². The molecule has 0 radical (unpaired) electrons. The van der Waals surface area contributed by atoms with Crippen LogP contribution in [0.3, 0.4) is 0 Å². The fourth-order valence-corrected chi connectivity index (χ4v) is 3.31. The average Bonchev–Trinajstić information content (AvgIpc) is 2.93. The Morgan fingerprint density at radius 3 is 2.76 bits per heavy atom. The maximum Gasteiger partial charge on any atom is 0.161 e. The van der Waals surface area contributed by atoms with Crippen LogP contribution in [0, 0.1) is 0 Å². The van der Waals surface area contributed by atoms with Crippen LogP contribution in [0.1, 0.15) is 37.3 Å². The third-order valence-electron chi connectivity index (χ3n) is 4.54. The minimum Gasteiger partial charge on any atom is -0.493 e. The van der Waals surface area contributed by atoms with Gasteiger partial charge in [-0.05, 0) is 50.6 Å². The van der Waals surface area contributed by atoms with Crippen molar-refractivity contribution < 1.29 is 9.47 Å². The highest BCUT2D eigenvalue weighted by Crippen LogP contribution is 2.34. The topological polar surface area (TPSA) is 33.7 Å². The van der Waals surface area contributed by atoms with Gasteiger partial charge in [-0.2, -0.15) is 0 Å². The summed E-state index contributed by atoms with van der Waals surface area (Å²) in [4.78, 5) is 2.31. The quantitative estimate of drug-likeness (QED) is 0.924. The predicted octanol–water partition coefficient (Wildman–Crippen LogP) is 2.59. The minimum absolute atomic E-state index is 0.276. The lowest BCUT2D eigenvalue weighted by molar-refractivity contribution is 0.199. The summed E-state index contributed by atoms with van der Waals surface area (Å²) in [5, 5.41) is 3.60. The molecule has 2 aliphatic heterocycles. The van der Waals surface area contributed by atoms with Crippen LogP contribution in [0.25, 0.3) is 0 Å². The summed E-state index contributed by atoms with van der Waals surface area (Å²) in [6, 6.07) is 6.83. The van der Waals surface area contributed by atoms with Gasteiger partial charge in [0.2, 0.25) is 0 Å². The van der Waals surface area contributed by atoms with Gasteiger partial charge in [-0.3, -0.25) is 0 Å². The smallest absolute Gasteiger partial charge is 0.161 e. The molecule has 21 heavy (non-hydrogen) atoms. The Bertz CT molecular complexity index is 472. The summed E-state index contributed by atoms with van der Waals surface area (Å²) < 4.78 is 11.7. The molecule has 0 aromatic heterocycles. The first-order valence-corrected chi connectivity index (χ1v) is 8.03. The largest absolute Gasteiger partial charge is 0.493 e. The van der Waals surface area contributed by atoms with E-state index in [0.29, 0.717) is 6.04 Å². The molecule has 4 heteroatoms. The zero-order valence-electron chi connectivity index (χ0n) is 13.1. The first kappa shape index (κ1) is 14.7. The van der Waals surface area contributed by atoms with Crippen LogP contribution in [0.15, 0.2) is 18.2 Å². The van der Waals surface area contributed by atoms with Gasteiger partial charge in [0.25, 0.3) is 0 Å². The Hall–Kier alpha value is -1.26. The van der Waals surface area contributed by atoms with Gasteiger partial charge in [-0.15, -0.1) is 0 Å². The van der Waals surface area contributed by atoms with Gasteiger partial charge < -0.3 is 19.7 Å². The maximum atomic E-state index is 6.20. The number of hydrogen-bond donors (Lipinski definition) is 1. The highest BCUT2D eigenvalue weighted by Gasteiger charge is 2.23. The summed E-state index contributed by atoms with van der Waals surface area (Å²) in [6.45, 7) is 3.21. The minimum atomic E-state index is 0.276. The maximum absolute atomic E-state index is 6.20. The first-order chi connectivity index (χ1) is 10.3. The van der Waals surface area contributed by atoms with Gasteiger partial charge in [-0.25, -0.2) is 0 Å². The van der Waals surface area contributed by atoms with E-state index in [1.165, 1.54) is 24.8 Å². The van der Waals surface area contributed by atoms with Crippen molar-refractivity contribution in [1.82, 2.24) is 10.2 Å². The molecule has 0 saturated carbocycles. The number of methoxy groups -OCH3 is 1. The van der Waals surface area contributed by atoms with Crippen molar-refractivity contribution in [3.8, 4) is 11.5 Å². The number of piperidine rings is 1. The van der Waals surface area contributed by atoms with Crippen LogP contribution in [0.2, 0.25) is 0 Å². The number of rotatable bonds is 4.